The van der Waals surface area contributed by atoms with Gasteiger partial charge < -0.3 is 24.3 Å². The molecule has 4 atom stereocenters. The molecule has 2 aliphatic rings. The summed E-state index contributed by atoms with van der Waals surface area (Å²) in [5.74, 6) is 0.248. The van der Waals surface area contributed by atoms with E-state index in [1.165, 1.54) is 18.9 Å². The lowest BCUT2D eigenvalue weighted by Gasteiger charge is -2.30. The number of allylic oxidation sites excluding steroid dienone is 1. The van der Waals surface area contributed by atoms with E-state index in [0.29, 0.717) is 48.6 Å². The van der Waals surface area contributed by atoms with E-state index < -0.39 is 19.8 Å². The summed E-state index contributed by atoms with van der Waals surface area (Å²) in [5, 5.41) is 0. The van der Waals surface area contributed by atoms with Gasteiger partial charge in [0.05, 0.1) is 33.2 Å². The molecule has 0 spiro atoms. The summed E-state index contributed by atoms with van der Waals surface area (Å²) >= 11 is 3.39. The second-order valence-electron chi connectivity index (χ2n) is 9.02. The molecule has 3 heterocycles. The number of hydrogen-bond acceptors (Lipinski definition) is 10. The summed E-state index contributed by atoms with van der Waals surface area (Å²) in [6.07, 6.45) is 7.53. The standard InChI is InChI=1S/C24H28BrN6O6P/c1-34-22-20-21(28-24(26)29-22)30(14-27-20)17-8-5-15(12-17)13-36-38(33,37-18-9-6-16(25)7-10-18)31-11-3-4-19(31)23(32)35-2/h5-10,14-15,17,19H,3-4,11-13H2,1-2H3,(H2,26,28,29)/t15-,17+,19+,38?/m1/s1. The van der Waals surface area contributed by atoms with Crippen LogP contribution in [0.5, 0.6) is 11.6 Å². The van der Waals surface area contributed by atoms with Crippen LogP contribution in [0.15, 0.2) is 47.2 Å². The van der Waals surface area contributed by atoms with Gasteiger partial charge >= 0.3 is 13.7 Å². The zero-order chi connectivity index (χ0) is 26.9. The first-order valence-corrected chi connectivity index (χ1v) is 14.4. The molecule has 0 saturated carbocycles. The minimum Gasteiger partial charge on any atom is -0.479 e. The maximum absolute atomic E-state index is 14.2. The Bertz CT molecular complexity index is 1400. The molecule has 38 heavy (non-hydrogen) atoms. The lowest BCUT2D eigenvalue weighted by molar-refractivity contribution is -0.144. The van der Waals surface area contributed by atoms with Crippen LogP contribution in [0.1, 0.15) is 25.3 Å². The molecule has 0 amide bonds. The smallest absolute Gasteiger partial charge is 0.462 e. The predicted molar refractivity (Wildman–Crippen MR) is 143 cm³/mol. The number of carbonyl (C=O) groups is 1. The Kier molecular flexibility index (Phi) is 7.71. The quantitative estimate of drug-likeness (QED) is 0.213. The predicted octanol–water partition coefficient (Wildman–Crippen LogP) is 4.14. The SMILES string of the molecule is COC(=O)[C@@H]1CCCN1P(=O)(OC[C@@H]1C=C[C@H](n2cnc3c(OC)nc(N)nc32)C1)Oc1ccc(Br)cc1. The van der Waals surface area contributed by atoms with Gasteiger partial charge in [0.1, 0.15) is 11.8 Å². The third-order valence-electron chi connectivity index (χ3n) is 6.61. The minimum absolute atomic E-state index is 0.0699. The van der Waals surface area contributed by atoms with Crippen molar-refractivity contribution < 1.29 is 27.9 Å². The van der Waals surface area contributed by atoms with Gasteiger partial charge in [0.2, 0.25) is 11.8 Å². The summed E-state index contributed by atoms with van der Waals surface area (Å²) in [6.45, 7) is 0.513. The highest BCUT2D eigenvalue weighted by atomic mass is 79.9. The average Bonchev–Trinajstić information content (AvgIpc) is 3.67. The summed E-state index contributed by atoms with van der Waals surface area (Å²) < 4.78 is 40.8. The highest BCUT2D eigenvalue weighted by molar-refractivity contribution is 9.10. The Balaban J connectivity index is 1.33. The largest absolute Gasteiger partial charge is 0.479 e. The van der Waals surface area contributed by atoms with Crippen LogP contribution in [-0.2, 0) is 18.6 Å². The number of esters is 1. The average molecular weight is 607 g/mol. The molecule has 14 heteroatoms. The molecule has 1 saturated heterocycles. The highest BCUT2D eigenvalue weighted by Crippen LogP contribution is 2.56. The molecule has 1 aliphatic heterocycles. The van der Waals surface area contributed by atoms with Crippen LogP contribution < -0.4 is 15.0 Å². The molecule has 202 valence electrons. The molecule has 0 bridgehead atoms. The van der Waals surface area contributed by atoms with Crippen molar-refractivity contribution in [2.24, 2.45) is 5.92 Å². The van der Waals surface area contributed by atoms with Crippen LogP contribution in [0.2, 0.25) is 0 Å². The Morgan fingerprint density at radius 1 is 1.21 bits per heavy atom. The van der Waals surface area contributed by atoms with Crippen LogP contribution in [0.4, 0.5) is 5.95 Å². The summed E-state index contributed by atoms with van der Waals surface area (Å²) in [7, 11) is -1.09. The van der Waals surface area contributed by atoms with Crippen LogP contribution in [0.25, 0.3) is 11.2 Å². The molecule has 0 radical (unpaired) electrons. The van der Waals surface area contributed by atoms with Crippen LogP contribution in [0, 0.1) is 5.92 Å². The van der Waals surface area contributed by atoms with Gasteiger partial charge in [0.15, 0.2) is 11.2 Å². The molecule has 3 aromatic rings. The molecule has 12 nitrogen and oxygen atoms in total. The van der Waals surface area contributed by atoms with Gasteiger partial charge in [0, 0.05) is 16.9 Å². The molecular formula is C24H28BrN6O6P. The number of nitrogens with zero attached hydrogens (tertiary/aromatic N) is 5. The van der Waals surface area contributed by atoms with Crippen molar-refractivity contribution in [2.45, 2.75) is 31.3 Å². The second-order valence-corrected chi connectivity index (χ2v) is 11.8. The number of nitrogen functional groups attached to an aromatic ring is 1. The van der Waals surface area contributed by atoms with Gasteiger partial charge in [0.25, 0.3) is 0 Å². The number of methoxy groups -OCH3 is 2. The molecule has 1 fully saturated rings. The van der Waals surface area contributed by atoms with Gasteiger partial charge in [-0.2, -0.15) is 14.6 Å². The molecule has 1 aromatic carbocycles. The Labute approximate surface area is 227 Å². The lowest BCUT2D eigenvalue weighted by atomic mass is 10.1. The number of nitrogens with two attached hydrogens (primary N) is 1. The first-order valence-electron chi connectivity index (χ1n) is 12.1. The molecular weight excluding hydrogens is 579 g/mol. The van der Waals surface area contributed by atoms with E-state index in [4.69, 9.17) is 24.3 Å². The number of hydrogen-bond donors (Lipinski definition) is 1. The van der Waals surface area contributed by atoms with Crippen LogP contribution >= 0.6 is 23.7 Å². The highest BCUT2D eigenvalue weighted by Gasteiger charge is 2.47. The van der Waals surface area contributed by atoms with Gasteiger partial charge in [-0.1, -0.05) is 28.1 Å². The topological polar surface area (TPSA) is 144 Å². The number of halogens is 1. The maximum Gasteiger partial charge on any atom is 0.462 e. The number of ether oxygens (including phenoxy) is 2. The number of fused-ring (bicyclic) bond motifs is 1. The monoisotopic (exact) mass is 606 g/mol. The first kappa shape index (κ1) is 26.6. The molecule has 1 aliphatic carbocycles. The third kappa shape index (κ3) is 5.28. The lowest BCUT2D eigenvalue weighted by Crippen LogP contribution is -2.36. The first-order chi connectivity index (χ1) is 18.3. The Morgan fingerprint density at radius 3 is 2.74 bits per heavy atom. The van der Waals surface area contributed by atoms with Crippen molar-refractivity contribution in [1.29, 1.82) is 0 Å². The van der Waals surface area contributed by atoms with Crippen molar-refractivity contribution in [3.63, 3.8) is 0 Å². The normalized spacial score (nSPS) is 23.0. The van der Waals surface area contributed by atoms with Crippen LogP contribution in [-0.4, -0.2) is 63.6 Å². The van der Waals surface area contributed by atoms with E-state index in [9.17, 15) is 9.36 Å². The van der Waals surface area contributed by atoms with Crippen molar-refractivity contribution >= 4 is 46.8 Å². The number of carbonyl (C=O) groups excluding carboxylic acids is 1. The number of anilines is 1. The maximum atomic E-state index is 14.2. The van der Waals surface area contributed by atoms with E-state index in [-0.39, 0.29) is 24.5 Å². The molecule has 2 aromatic heterocycles. The van der Waals surface area contributed by atoms with Crippen molar-refractivity contribution in [3.05, 3.63) is 47.2 Å². The number of imidazole rings is 1. The van der Waals surface area contributed by atoms with Gasteiger partial charge in [-0.3, -0.25) is 9.32 Å². The van der Waals surface area contributed by atoms with Gasteiger partial charge in [-0.25, -0.2) is 9.55 Å². The summed E-state index contributed by atoms with van der Waals surface area (Å²) in [4.78, 5) is 25.2. The van der Waals surface area contributed by atoms with E-state index >= 15 is 0 Å². The van der Waals surface area contributed by atoms with Gasteiger partial charge in [-0.15, -0.1) is 0 Å². The summed E-state index contributed by atoms with van der Waals surface area (Å²) in [5.41, 5.74) is 6.94. The zero-order valence-corrected chi connectivity index (χ0v) is 23.4. The van der Waals surface area contributed by atoms with Gasteiger partial charge in [-0.05, 0) is 43.5 Å². The number of rotatable bonds is 9. The van der Waals surface area contributed by atoms with Crippen molar-refractivity contribution in [3.8, 4) is 11.6 Å². The molecule has 5 rings (SSSR count). The molecule has 1 unspecified atom stereocenters. The Hall–Kier alpha value is -2.99. The second kappa shape index (κ2) is 11.0. The number of benzene rings is 1. The fourth-order valence-corrected chi connectivity index (χ4v) is 7.04. The van der Waals surface area contributed by atoms with E-state index in [1.807, 2.05) is 16.7 Å². The zero-order valence-electron chi connectivity index (χ0n) is 20.9. The molecule has 2 N–H and O–H groups in total. The fraction of sp³-hybridized carbons (Fsp3) is 0.417. The van der Waals surface area contributed by atoms with E-state index in [2.05, 4.69) is 30.9 Å². The van der Waals surface area contributed by atoms with E-state index in [1.54, 1.807) is 30.6 Å². The van der Waals surface area contributed by atoms with Crippen molar-refractivity contribution in [1.82, 2.24) is 24.2 Å². The summed E-state index contributed by atoms with van der Waals surface area (Å²) in [6, 6.07) is 6.18. The minimum atomic E-state index is -3.91. The van der Waals surface area contributed by atoms with Crippen molar-refractivity contribution in [2.75, 3.05) is 33.1 Å². The third-order valence-corrected chi connectivity index (χ3v) is 9.16. The van der Waals surface area contributed by atoms with E-state index in [0.717, 1.165) is 4.47 Å². The fourth-order valence-electron chi connectivity index (χ4n) is 4.77. The van der Waals surface area contributed by atoms with Crippen LogP contribution in [0.3, 0.4) is 0 Å². The Morgan fingerprint density at radius 2 is 2.00 bits per heavy atom. The number of aromatic nitrogens is 4.